The molecule has 5 heteroatoms. The number of nitrogens with zero attached hydrogens (tertiary/aromatic N) is 3. The van der Waals surface area contributed by atoms with Crippen LogP contribution in [0.2, 0.25) is 0 Å². The predicted molar refractivity (Wildman–Crippen MR) is 87.1 cm³/mol. The van der Waals surface area contributed by atoms with Crippen molar-refractivity contribution in [2.75, 3.05) is 12.8 Å². The highest BCUT2D eigenvalue weighted by atomic mass is 16.5. The molecule has 0 unspecified atom stereocenters. The van der Waals surface area contributed by atoms with Crippen molar-refractivity contribution in [1.29, 1.82) is 0 Å². The molecule has 0 atom stereocenters. The van der Waals surface area contributed by atoms with E-state index in [4.69, 9.17) is 10.5 Å². The monoisotopic (exact) mass is 294 g/mol. The second kappa shape index (κ2) is 5.89. The van der Waals surface area contributed by atoms with Crippen molar-refractivity contribution in [1.82, 2.24) is 14.8 Å². The van der Waals surface area contributed by atoms with Gasteiger partial charge < -0.3 is 10.5 Å². The minimum absolute atomic E-state index is 0.731. The van der Waals surface area contributed by atoms with Crippen LogP contribution in [-0.2, 0) is 6.42 Å². The first-order chi connectivity index (χ1) is 10.7. The number of anilines is 1. The zero-order valence-electron chi connectivity index (χ0n) is 12.7. The third kappa shape index (κ3) is 2.53. The molecule has 0 spiro atoms. The first-order valence-corrected chi connectivity index (χ1v) is 7.17. The van der Waals surface area contributed by atoms with Crippen LogP contribution in [0.5, 0.6) is 5.75 Å². The minimum Gasteiger partial charge on any atom is -0.497 e. The number of hydrogen-bond donors (Lipinski definition) is 1. The van der Waals surface area contributed by atoms with Gasteiger partial charge in [-0.05, 0) is 48.5 Å². The Bertz CT molecular complexity index is 760. The molecule has 0 fully saturated rings. The molecule has 2 N–H and O–H groups in total. The Morgan fingerprint density at radius 2 is 1.68 bits per heavy atom. The Balaban J connectivity index is 2.12. The Morgan fingerprint density at radius 1 is 1.00 bits per heavy atom. The van der Waals surface area contributed by atoms with Crippen LogP contribution in [0.25, 0.3) is 17.1 Å². The van der Waals surface area contributed by atoms with Gasteiger partial charge in [-0.25, -0.2) is 0 Å². The summed E-state index contributed by atoms with van der Waals surface area (Å²) < 4.78 is 7.28. The van der Waals surface area contributed by atoms with Gasteiger partial charge in [0.05, 0.1) is 7.11 Å². The summed E-state index contributed by atoms with van der Waals surface area (Å²) in [5, 5.41) is 8.65. The van der Waals surface area contributed by atoms with Crippen molar-refractivity contribution >= 4 is 5.69 Å². The number of nitrogen functional groups attached to an aromatic ring is 1. The number of methoxy groups -OCH3 is 1. The van der Waals surface area contributed by atoms with Gasteiger partial charge in [0.15, 0.2) is 5.82 Å². The number of aryl methyl sites for hydroxylation is 1. The van der Waals surface area contributed by atoms with Crippen LogP contribution in [0.4, 0.5) is 5.69 Å². The van der Waals surface area contributed by atoms with Crippen molar-refractivity contribution in [3.63, 3.8) is 0 Å². The molecule has 2 aromatic carbocycles. The van der Waals surface area contributed by atoms with Crippen LogP contribution in [0, 0.1) is 0 Å². The van der Waals surface area contributed by atoms with E-state index in [0.29, 0.717) is 0 Å². The van der Waals surface area contributed by atoms with E-state index in [0.717, 1.165) is 40.8 Å². The molecule has 112 valence electrons. The summed E-state index contributed by atoms with van der Waals surface area (Å²) in [6, 6.07) is 15.5. The molecule has 0 amide bonds. The zero-order chi connectivity index (χ0) is 15.5. The molecular formula is C17H18N4O. The minimum atomic E-state index is 0.731. The van der Waals surface area contributed by atoms with Gasteiger partial charge in [0.1, 0.15) is 11.6 Å². The van der Waals surface area contributed by atoms with E-state index in [9.17, 15) is 0 Å². The molecule has 0 aliphatic heterocycles. The lowest BCUT2D eigenvalue weighted by atomic mass is 10.2. The Labute approximate surface area is 129 Å². The maximum atomic E-state index is 5.76. The van der Waals surface area contributed by atoms with Gasteiger partial charge in [-0.2, -0.15) is 0 Å². The average molecular weight is 294 g/mol. The molecule has 0 bridgehead atoms. The summed E-state index contributed by atoms with van der Waals surface area (Å²) in [5.41, 5.74) is 8.48. The fourth-order valence-electron chi connectivity index (χ4n) is 2.37. The van der Waals surface area contributed by atoms with Gasteiger partial charge in [-0.1, -0.05) is 6.92 Å². The third-order valence-electron chi connectivity index (χ3n) is 3.55. The second-order valence-electron chi connectivity index (χ2n) is 4.95. The summed E-state index contributed by atoms with van der Waals surface area (Å²) in [7, 11) is 1.66. The Kier molecular flexibility index (Phi) is 3.78. The molecular weight excluding hydrogens is 276 g/mol. The van der Waals surface area contributed by atoms with E-state index in [1.54, 1.807) is 7.11 Å². The van der Waals surface area contributed by atoms with E-state index in [1.165, 1.54) is 0 Å². The number of ether oxygens (including phenoxy) is 1. The molecule has 5 nitrogen and oxygen atoms in total. The number of aromatic nitrogens is 3. The topological polar surface area (TPSA) is 66.0 Å². The second-order valence-corrected chi connectivity index (χ2v) is 4.95. The van der Waals surface area contributed by atoms with Crippen LogP contribution < -0.4 is 10.5 Å². The Morgan fingerprint density at radius 3 is 2.27 bits per heavy atom. The fourth-order valence-corrected chi connectivity index (χ4v) is 2.37. The molecule has 1 heterocycles. The lowest BCUT2D eigenvalue weighted by molar-refractivity contribution is 0.414. The van der Waals surface area contributed by atoms with Crippen LogP contribution in [0.3, 0.4) is 0 Å². The smallest absolute Gasteiger partial charge is 0.168 e. The van der Waals surface area contributed by atoms with E-state index in [1.807, 2.05) is 48.5 Å². The lowest BCUT2D eigenvalue weighted by Crippen LogP contribution is -2.02. The number of nitrogens with two attached hydrogens (primary N) is 1. The summed E-state index contributed by atoms with van der Waals surface area (Å²) in [6.07, 6.45) is 0.800. The molecule has 3 rings (SSSR count). The highest BCUT2D eigenvalue weighted by Crippen LogP contribution is 2.25. The Hall–Kier alpha value is -2.82. The normalized spacial score (nSPS) is 10.6. The van der Waals surface area contributed by atoms with Crippen LogP contribution in [0.15, 0.2) is 48.5 Å². The lowest BCUT2D eigenvalue weighted by Gasteiger charge is -2.10. The van der Waals surface area contributed by atoms with Gasteiger partial charge >= 0.3 is 0 Å². The molecule has 0 saturated heterocycles. The highest BCUT2D eigenvalue weighted by molar-refractivity contribution is 5.61. The number of benzene rings is 2. The molecule has 1 aromatic heterocycles. The van der Waals surface area contributed by atoms with Gasteiger partial charge in [0.2, 0.25) is 0 Å². The van der Waals surface area contributed by atoms with Crippen molar-refractivity contribution in [2.24, 2.45) is 0 Å². The van der Waals surface area contributed by atoms with E-state index >= 15 is 0 Å². The van der Waals surface area contributed by atoms with Crippen molar-refractivity contribution in [3.05, 3.63) is 54.4 Å². The molecule has 0 saturated carbocycles. The van der Waals surface area contributed by atoms with Gasteiger partial charge in [-0.15, -0.1) is 10.2 Å². The largest absolute Gasteiger partial charge is 0.497 e. The summed E-state index contributed by atoms with van der Waals surface area (Å²) in [4.78, 5) is 0. The van der Waals surface area contributed by atoms with Crippen molar-refractivity contribution in [2.45, 2.75) is 13.3 Å². The molecule has 0 aliphatic carbocycles. The number of rotatable bonds is 4. The number of hydrogen-bond acceptors (Lipinski definition) is 4. The maximum Gasteiger partial charge on any atom is 0.168 e. The molecule has 22 heavy (non-hydrogen) atoms. The quantitative estimate of drug-likeness (QED) is 0.751. The van der Waals surface area contributed by atoms with E-state index in [2.05, 4.69) is 21.7 Å². The average Bonchev–Trinajstić information content (AvgIpc) is 2.99. The van der Waals surface area contributed by atoms with Crippen molar-refractivity contribution in [3.8, 4) is 22.8 Å². The fraction of sp³-hybridized carbons (Fsp3) is 0.176. The maximum absolute atomic E-state index is 5.76. The predicted octanol–water partition coefficient (Wildman–Crippen LogP) is 3.09. The zero-order valence-corrected chi connectivity index (χ0v) is 12.7. The highest BCUT2D eigenvalue weighted by Gasteiger charge is 2.14. The molecule has 0 aliphatic rings. The van der Waals surface area contributed by atoms with Crippen LogP contribution in [0.1, 0.15) is 12.7 Å². The van der Waals surface area contributed by atoms with Gasteiger partial charge in [0, 0.05) is 23.4 Å². The van der Waals surface area contributed by atoms with Gasteiger partial charge in [0.25, 0.3) is 0 Å². The van der Waals surface area contributed by atoms with Crippen LogP contribution >= 0.6 is 0 Å². The van der Waals surface area contributed by atoms with E-state index < -0.39 is 0 Å². The van der Waals surface area contributed by atoms with Crippen molar-refractivity contribution < 1.29 is 4.74 Å². The standard InChI is InChI=1S/C17H18N4O/c1-3-16-19-20-17(12-4-6-13(18)7-5-12)21(16)14-8-10-15(22-2)11-9-14/h4-11H,3,18H2,1-2H3. The van der Waals surface area contributed by atoms with E-state index in [-0.39, 0.29) is 0 Å². The molecule has 3 aromatic rings. The first-order valence-electron chi connectivity index (χ1n) is 7.17. The summed E-state index contributed by atoms with van der Waals surface area (Å²) in [6.45, 7) is 2.07. The third-order valence-corrected chi connectivity index (χ3v) is 3.55. The summed E-state index contributed by atoms with van der Waals surface area (Å²) in [5.74, 6) is 2.54. The molecule has 0 radical (unpaired) electrons. The van der Waals surface area contributed by atoms with Gasteiger partial charge in [-0.3, -0.25) is 4.57 Å². The first kappa shape index (κ1) is 14.1. The SMILES string of the molecule is CCc1nnc(-c2ccc(N)cc2)n1-c1ccc(OC)cc1. The van der Waals surface area contributed by atoms with Crippen LogP contribution in [-0.4, -0.2) is 21.9 Å². The summed E-state index contributed by atoms with van der Waals surface area (Å²) >= 11 is 0.